The van der Waals surface area contributed by atoms with Gasteiger partial charge in [-0.3, -0.25) is 0 Å². The first-order chi connectivity index (χ1) is 8.17. The summed E-state index contributed by atoms with van der Waals surface area (Å²) in [6, 6.07) is 0.0755. The number of rotatable bonds is 6. The van der Waals surface area contributed by atoms with Crippen molar-refractivity contribution in [1.29, 1.82) is 0 Å². The largest absolute Gasteiger partial charge is 0.378 e. The molecule has 1 unspecified atom stereocenters. The van der Waals surface area contributed by atoms with E-state index in [2.05, 4.69) is 10.1 Å². The fourth-order valence-corrected chi connectivity index (χ4v) is 2.20. The van der Waals surface area contributed by atoms with Crippen molar-refractivity contribution in [3.05, 3.63) is 11.7 Å². The van der Waals surface area contributed by atoms with E-state index in [9.17, 15) is 0 Å². The van der Waals surface area contributed by atoms with Crippen molar-refractivity contribution in [1.82, 2.24) is 10.1 Å². The summed E-state index contributed by atoms with van der Waals surface area (Å²) in [6.07, 6.45) is 4.21. The quantitative estimate of drug-likeness (QED) is 0.810. The maximum Gasteiger partial charge on any atom is 0.226 e. The average Bonchev–Trinajstić information content (AvgIpc) is 2.61. The van der Waals surface area contributed by atoms with Gasteiger partial charge in [0.05, 0.1) is 6.10 Å². The van der Waals surface area contributed by atoms with Crippen LogP contribution in [0.2, 0.25) is 0 Å². The van der Waals surface area contributed by atoms with Gasteiger partial charge in [-0.2, -0.15) is 4.98 Å². The Labute approximate surface area is 102 Å². The van der Waals surface area contributed by atoms with E-state index >= 15 is 0 Å². The van der Waals surface area contributed by atoms with E-state index in [-0.39, 0.29) is 6.04 Å². The second-order valence-electron chi connectivity index (χ2n) is 4.90. The van der Waals surface area contributed by atoms with Gasteiger partial charge in [-0.15, -0.1) is 0 Å². The summed E-state index contributed by atoms with van der Waals surface area (Å²) in [4.78, 5) is 4.34. The minimum atomic E-state index is 0.0755. The van der Waals surface area contributed by atoms with E-state index in [1.807, 2.05) is 13.8 Å². The van der Waals surface area contributed by atoms with Crippen LogP contribution < -0.4 is 5.73 Å². The monoisotopic (exact) mass is 239 g/mol. The Morgan fingerprint density at radius 1 is 1.53 bits per heavy atom. The fourth-order valence-electron chi connectivity index (χ4n) is 2.20. The summed E-state index contributed by atoms with van der Waals surface area (Å²) < 4.78 is 10.7. The maximum atomic E-state index is 5.69. The molecule has 0 bridgehead atoms. The van der Waals surface area contributed by atoms with Gasteiger partial charge in [0.1, 0.15) is 0 Å². The smallest absolute Gasteiger partial charge is 0.226 e. The summed E-state index contributed by atoms with van der Waals surface area (Å²) in [5.74, 6) is 2.09. The average molecular weight is 239 g/mol. The minimum absolute atomic E-state index is 0.0755. The highest BCUT2D eigenvalue weighted by molar-refractivity contribution is 4.93. The number of nitrogens with two attached hydrogens (primary N) is 1. The highest BCUT2D eigenvalue weighted by Gasteiger charge is 2.30. The lowest BCUT2D eigenvalue weighted by atomic mass is 9.80. The van der Waals surface area contributed by atoms with Crippen LogP contribution in [0.25, 0.3) is 0 Å². The zero-order valence-corrected chi connectivity index (χ0v) is 10.6. The molecule has 1 atom stereocenters. The van der Waals surface area contributed by atoms with Crippen LogP contribution in [-0.2, 0) is 17.6 Å². The van der Waals surface area contributed by atoms with E-state index in [0.717, 1.165) is 37.6 Å². The molecule has 0 saturated heterocycles. The highest BCUT2D eigenvalue weighted by Crippen LogP contribution is 2.32. The fraction of sp³-hybridized carbons (Fsp3) is 0.833. The molecule has 1 aromatic rings. The molecule has 0 amide bonds. The van der Waals surface area contributed by atoms with Crippen molar-refractivity contribution in [2.75, 3.05) is 6.61 Å². The Balaban J connectivity index is 1.75. The molecule has 2 N–H and O–H groups in total. The molecule has 1 aliphatic carbocycles. The molecule has 96 valence electrons. The van der Waals surface area contributed by atoms with Crippen LogP contribution in [0.4, 0.5) is 0 Å². The van der Waals surface area contributed by atoms with Gasteiger partial charge in [0.2, 0.25) is 5.89 Å². The molecule has 0 spiro atoms. The lowest BCUT2D eigenvalue weighted by Gasteiger charge is -2.33. The molecule has 0 aliphatic heterocycles. The second-order valence-corrected chi connectivity index (χ2v) is 4.90. The van der Waals surface area contributed by atoms with E-state index in [1.54, 1.807) is 0 Å². The Hall–Kier alpha value is -0.940. The van der Waals surface area contributed by atoms with Gasteiger partial charge in [-0.25, -0.2) is 0 Å². The van der Waals surface area contributed by atoms with Crippen LogP contribution in [0.5, 0.6) is 0 Å². The third-order valence-electron chi connectivity index (χ3n) is 3.07. The summed E-state index contributed by atoms with van der Waals surface area (Å²) in [6.45, 7) is 4.77. The predicted octanol–water partition coefficient (Wildman–Crippen LogP) is 1.32. The number of aromatic nitrogens is 2. The molecule has 0 radical (unpaired) electrons. The van der Waals surface area contributed by atoms with Crippen LogP contribution in [0, 0.1) is 5.92 Å². The molecule has 1 saturated carbocycles. The normalized spacial score (nSPS) is 25.6. The lowest BCUT2D eigenvalue weighted by Crippen LogP contribution is -2.32. The lowest BCUT2D eigenvalue weighted by molar-refractivity contribution is -0.0258. The van der Waals surface area contributed by atoms with E-state index < -0.39 is 0 Å². The second kappa shape index (κ2) is 5.60. The molecular weight excluding hydrogens is 218 g/mol. The first-order valence-corrected chi connectivity index (χ1v) is 6.36. The first kappa shape index (κ1) is 12.5. The predicted molar refractivity (Wildman–Crippen MR) is 63.5 cm³/mol. The van der Waals surface area contributed by atoms with Crippen LogP contribution in [0.3, 0.4) is 0 Å². The van der Waals surface area contributed by atoms with Gasteiger partial charge >= 0.3 is 0 Å². The van der Waals surface area contributed by atoms with Gasteiger partial charge in [0.15, 0.2) is 5.82 Å². The Morgan fingerprint density at radius 3 is 2.94 bits per heavy atom. The summed E-state index contributed by atoms with van der Waals surface area (Å²) in [5.41, 5.74) is 5.69. The van der Waals surface area contributed by atoms with Gasteiger partial charge in [0, 0.05) is 25.5 Å². The summed E-state index contributed by atoms with van der Waals surface area (Å²) in [7, 11) is 0. The standard InChI is InChI=1S/C12H21N3O2/c1-3-16-10-5-9(6-10)7-12-14-11(15-17-12)4-8(2)13/h8-10H,3-7,13H2,1-2H3. The van der Waals surface area contributed by atoms with E-state index in [1.165, 1.54) is 0 Å². The van der Waals surface area contributed by atoms with Crippen molar-refractivity contribution in [2.45, 2.75) is 51.7 Å². The van der Waals surface area contributed by atoms with Gasteiger partial charge < -0.3 is 15.0 Å². The number of hydrogen-bond donors (Lipinski definition) is 1. The molecule has 5 nitrogen and oxygen atoms in total. The highest BCUT2D eigenvalue weighted by atomic mass is 16.5. The van der Waals surface area contributed by atoms with Crippen molar-refractivity contribution in [3.63, 3.8) is 0 Å². The Morgan fingerprint density at radius 2 is 2.29 bits per heavy atom. The molecule has 2 rings (SSSR count). The number of hydrogen-bond acceptors (Lipinski definition) is 5. The van der Waals surface area contributed by atoms with Crippen molar-refractivity contribution >= 4 is 0 Å². The summed E-state index contributed by atoms with van der Waals surface area (Å²) in [5, 5.41) is 3.93. The third kappa shape index (κ3) is 3.51. The maximum absolute atomic E-state index is 5.69. The van der Waals surface area contributed by atoms with Crippen LogP contribution in [0.15, 0.2) is 4.52 Å². The molecule has 1 aromatic heterocycles. The van der Waals surface area contributed by atoms with Gasteiger partial charge in [-0.05, 0) is 32.6 Å². The van der Waals surface area contributed by atoms with Crippen LogP contribution in [-0.4, -0.2) is 28.9 Å². The van der Waals surface area contributed by atoms with E-state index in [4.69, 9.17) is 15.0 Å². The Kier molecular flexibility index (Phi) is 4.12. The topological polar surface area (TPSA) is 74.2 Å². The zero-order valence-electron chi connectivity index (χ0n) is 10.6. The number of nitrogens with zero attached hydrogens (tertiary/aromatic N) is 2. The van der Waals surface area contributed by atoms with Crippen LogP contribution in [0.1, 0.15) is 38.4 Å². The van der Waals surface area contributed by atoms with Crippen molar-refractivity contribution in [3.8, 4) is 0 Å². The first-order valence-electron chi connectivity index (χ1n) is 6.36. The molecule has 1 aliphatic rings. The van der Waals surface area contributed by atoms with Crippen molar-refractivity contribution in [2.24, 2.45) is 11.7 Å². The van der Waals surface area contributed by atoms with E-state index in [0.29, 0.717) is 18.4 Å². The molecule has 17 heavy (non-hydrogen) atoms. The zero-order chi connectivity index (χ0) is 12.3. The van der Waals surface area contributed by atoms with Crippen molar-refractivity contribution < 1.29 is 9.26 Å². The molecule has 1 heterocycles. The van der Waals surface area contributed by atoms with Gasteiger partial charge in [-0.1, -0.05) is 5.16 Å². The Bertz CT molecular complexity index is 345. The minimum Gasteiger partial charge on any atom is -0.378 e. The molecule has 5 heteroatoms. The molecule has 1 fully saturated rings. The SMILES string of the molecule is CCOC1CC(Cc2nc(CC(C)N)no2)C1. The molecular formula is C12H21N3O2. The number of ether oxygens (including phenoxy) is 1. The third-order valence-corrected chi connectivity index (χ3v) is 3.07. The van der Waals surface area contributed by atoms with Gasteiger partial charge in [0.25, 0.3) is 0 Å². The molecule has 0 aromatic carbocycles. The van der Waals surface area contributed by atoms with Crippen LogP contribution >= 0.6 is 0 Å². The summed E-state index contributed by atoms with van der Waals surface area (Å²) >= 11 is 0.